The number of rotatable bonds is 5. The molecule has 2 aromatic carbocycles. The van der Waals surface area contributed by atoms with Crippen LogP contribution in [-0.4, -0.2) is 27.1 Å². The van der Waals surface area contributed by atoms with Gasteiger partial charge >= 0.3 is 5.97 Å². The van der Waals surface area contributed by atoms with E-state index in [4.69, 9.17) is 4.74 Å². The molecule has 0 unspecified atom stereocenters. The largest absolute Gasteiger partial charge is 0.508 e. The van der Waals surface area contributed by atoms with Gasteiger partial charge in [0, 0.05) is 18.4 Å². The zero-order valence-electron chi connectivity index (χ0n) is 14.6. The number of nitrogens with zero attached hydrogens (tertiary/aromatic N) is 2. The maximum Gasteiger partial charge on any atom is 0.342 e. The molecule has 0 radical (unpaired) electrons. The van der Waals surface area contributed by atoms with Crippen molar-refractivity contribution in [3.63, 3.8) is 0 Å². The third-order valence-electron chi connectivity index (χ3n) is 3.69. The normalized spacial score (nSPS) is 10.5. The zero-order valence-corrected chi connectivity index (χ0v) is 15.4. The van der Waals surface area contributed by atoms with Crippen molar-refractivity contribution in [2.45, 2.75) is 13.5 Å². The van der Waals surface area contributed by atoms with Gasteiger partial charge in [0.05, 0.1) is 11.4 Å². The first-order valence-corrected chi connectivity index (χ1v) is 8.93. The molecule has 0 saturated heterocycles. The van der Waals surface area contributed by atoms with E-state index in [-0.39, 0.29) is 28.7 Å². The van der Waals surface area contributed by atoms with Crippen molar-refractivity contribution in [2.75, 3.05) is 4.90 Å². The summed E-state index contributed by atoms with van der Waals surface area (Å²) in [5.41, 5.74) is 0.320. The van der Waals surface area contributed by atoms with E-state index in [1.165, 1.54) is 37.3 Å². The second-order valence-corrected chi connectivity index (χ2v) is 6.54. The Bertz CT molecular complexity index is 1040. The first-order valence-electron chi connectivity index (χ1n) is 8.05. The average molecular weight is 402 g/mol. The Morgan fingerprint density at radius 3 is 2.64 bits per heavy atom. The van der Waals surface area contributed by atoms with Crippen molar-refractivity contribution in [2.24, 2.45) is 0 Å². The fraction of sp³-hybridized carbons (Fsp3) is 0.105. The Balaban J connectivity index is 1.75. The smallest absolute Gasteiger partial charge is 0.342 e. The van der Waals surface area contributed by atoms with Crippen LogP contribution in [-0.2, 0) is 16.1 Å². The predicted octanol–water partition coefficient (Wildman–Crippen LogP) is 3.74. The van der Waals surface area contributed by atoms with Gasteiger partial charge in [-0.3, -0.25) is 9.69 Å². The molecule has 0 aliphatic carbocycles. The predicted molar refractivity (Wildman–Crippen MR) is 100 cm³/mol. The van der Waals surface area contributed by atoms with Gasteiger partial charge in [0.2, 0.25) is 5.91 Å². The Labute approximate surface area is 163 Å². The number of ether oxygens (including phenoxy) is 1. The minimum atomic E-state index is -0.801. The number of amides is 1. The topological polar surface area (TPSA) is 100.0 Å². The van der Waals surface area contributed by atoms with E-state index < -0.39 is 23.4 Å². The number of para-hydroxylation sites is 1. The number of hydrogen-bond acceptors (Lipinski definition) is 7. The lowest BCUT2D eigenvalue weighted by atomic mass is 10.2. The van der Waals surface area contributed by atoms with Crippen molar-refractivity contribution in [1.29, 1.82) is 0 Å². The van der Waals surface area contributed by atoms with Crippen LogP contribution in [0.1, 0.15) is 23.0 Å². The van der Waals surface area contributed by atoms with E-state index in [1.807, 2.05) is 0 Å². The van der Waals surface area contributed by atoms with Crippen LogP contribution >= 0.6 is 11.3 Å². The molecule has 144 valence electrons. The molecule has 1 heterocycles. The van der Waals surface area contributed by atoms with Crippen LogP contribution in [0.25, 0.3) is 0 Å². The number of halogens is 1. The van der Waals surface area contributed by atoms with Crippen LogP contribution in [0.3, 0.4) is 0 Å². The van der Waals surface area contributed by atoms with Gasteiger partial charge in [0.25, 0.3) is 0 Å². The molecule has 0 fully saturated rings. The van der Waals surface area contributed by atoms with E-state index in [0.29, 0.717) is 5.69 Å². The molecule has 2 N–H and O–H groups in total. The lowest BCUT2D eigenvalue weighted by Crippen LogP contribution is -2.23. The quantitative estimate of drug-likeness (QED) is 0.631. The third kappa shape index (κ3) is 4.09. The van der Waals surface area contributed by atoms with Gasteiger partial charge in [0.15, 0.2) is 5.13 Å². The molecule has 7 nitrogen and oxygen atoms in total. The van der Waals surface area contributed by atoms with Crippen molar-refractivity contribution < 1.29 is 28.9 Å². The molecule has 3 rings (SSSR count). The number of hydrogen-bond donors (Lipinski definition) is 2. The summed E-state index contributed by atoms with van der Waals surface area (Å²) in [5, 5.41) is 20.8. The van der Waals surface area contributed by atoms with Crippen molar-refractivity contribution in [3.05, 3.63) is 64.9 Å². The molecule has 1 aromatic heterocycles. The number of esters is 1. The van der Waals surface area contributed by atoms with Gasteiger partial charge in [-0.25, -0.2) is 14.2 Å². The van der Waals surface area contributed by atoms with E-state index in [1.54, 1.807) is 11.4 Å². The Kier molecular flexibility index (Phi) is 5.55. The van der Waals surface area contributed by atoms with Crippen LogP contribution in [0.2, 0.25) is 0 Å². The van der Waals surface area contributed by atoms with Gasteiger partial charge in [0.1, 0.15) is 29.5 Å². The fourth-order valence-electron chi connectivity index (χ4n) is 2.42. The molecule has 3 aromatic rings. The second-order valence-electron chi connectivity index (χ2n) is 5.70. The van der Waals surface area contributed by atoms with Gasteiger partial charge in [-0.2, -0.15) is 0 Å². The minimum Gasteiger partial charge on any atom is -0.508 e. The molecule has 0 aliphatic heterocycles. The molecule has 0 atom stereocenters. The molecule has 28 heavy (non-hydrogen) atoms. The highest BCUT2D eigenvalue weighted by Gasteiger charge is 2.21. The number of aromatic nitrogens is 1. The lowest BCUT2D eigenvalue weighted by molar-refractivity contribution is -0.115. The number of phenolic OH excluding ortho intramolecular Hbond substituents is 2. The Morgan fingerprint density at radius 1 is 1.21 bits per heavy atom. The zero-order chi connectivity index (χ0) is 20.3. The maximum atomic E-state index is 14.1. The number of benzene rings is 2. The summed E-state index contributed by atoms with van der Waals surface area (Å²) in [6.07, 6.45) is 0. The maximum absolute atomic E-state index is 14.1. The van der Waals surface area contributed by atoms with E-state index in [2.05, 4.69) is 4.98 Å². The summed E-state index contributed by atoms with van der Waals surface area (Å²) in [6.45, 7) is 1.08. The van der Waals surface area contributed by atoms with Gasteiger partial charge in [-0.1, -0.05) is 12.1 Å². The van der Waals surface area contributed by atoms with Crippen molar-refractivity contribution >= 4 is 34.0 Å². The molecule has 9 heteroatoms. The number of aromatic hydroxyl groups is 2. The van der Waals surface area contributed by atoms with Crippen LogP contribution < -0.4 is 4.90 Å². The second kappa shape index (κ2) is 8.05. The molecule has 0 aliphatic rings. The van der Waals surface area contributed by atoms with Gasteiger partial charge in [-0.05, 0) is 24.3 Å². The number of thiazole rings is 1. The average Bonchev–Trinajstić information content (AvgIpc) is 3.10. The van der Waals surface area contributed by atoms with Crippen molar-refractivity contribution in [1.82, 2.24) is 4.98 Å². The van der Waals surface area contributed by atoms with Crippen LogP contribution in [0, 0.1) is 5.82 Å². The van der Waals surface area contributed by atoms with Crippen LogP contribution in [0.15, 0.2) is 47.8 Å². The Hall–Kier alpha value is -3.46. The standard InChI is InChI=1S/C19H15FN2O5S/c1-11(23)22(16-5-3-2-4-15(16)20)19-21-12(10-28-19)9-27-18(26)14-7-6-13(24)8-17(14)25/h2-8,10,24-25H,9H2,1H3. The lowest BCUT2D eigenvalue weighted by Gasteiger charge is -2.18. The molecule has 0 spiro atoms. The number of anilines is 2. The summed E-state index contributed by atoms with van der Waals surface area (Å²) in [5.74, 6) is -2.38. The number of phenols is 2. The first kappa shape index (κ1) is 19.3. The number of carbonyl (C=O) groups is 2. The summed E-state index contributed by atoms with van der Waals surface area (Å²) >= 11 is 1.10. The van der Waals surface area contributed by atoms with E-state index in [9.17, 15) is 24.2 Å². The molecular weight excluding hydrogens is 387 g/mol. The monoisotopic (exact) mass is 402 g/mol. The minimum absolute atomic E-state index is 0.0712. The summed E-state index contributed by atoms with van der Waals surface area (Å²) in [4.78, 5) is 29.4. The summed E-state index contributed by atoms with van der Waals surface area (Å²) in [7, 11) is 0. The van der Waals surface area contributed by atoms with Gasteiger partial charge < -0.3 is 14.9 Å². The molecular formula is C19H15FN2O5S. The number of carbonyl (C=O) groups excluding carboxylic acids is 2. The van der Waals surface area contributed by atoms with E-state index >= 15 is 0 Å². The highest BCUT2D eigenvalue weighted by molar-refractivity contribution is 7.14. The van der Waals surface area contributed by atoms with Gasteiger partial charge in [-0.15, -0.1) is 11.3 Å². The first-order chi connectivity index (χ1) is 13.4. The van der Waals surface area contributed by atoms with E-state index in [0.717, 1.165) is 22.3 Å². The Morgan fingerprint density at radius 2 is 1.96 bits per heavy atom. The highest BCUT2D eigenvalue weighted by Crippen LogP contribution is 2.31. The summed E-state index contributed by atoms with van der Waals surface area (Å²) < 4.78 is 19.2. The SMILES string of the molecule is CC(=O)N(c1nc(COC(=O)c2ccc(O)cc2O)cs1)c1ccccc1F. The van der Waals surface area contributed by atoms with Crippen molar-refractivity contribution in [3.8, 4) is 11.5 Å². The molecule has 0 saturated carbocycles. The molecule has 1 amide bonds. The van der Waals surface area contributed by atoms with Crippen LogP contribution in [0.4, 0.5) is 15.2 Å². The highest BCUT2D eigenvalue weighted by atomic mass is 32.1. The third-order valence-corrected chi connectivity index (χ3v) is 4.57. The van der Waals surface area contributed by atoms with Crippen LogP contribution in [0.5, 0.6) is 11.5 Å². The summed E-state index contributed by atoms with van der Waals surface area (Å²) in [6, 6.07) is 9.33. The molecule has 0 bridgehead atoms. The fourth-order valence-corrected chi connectivity index (χ4v) is 3.28.